The molecule has 1 aliphatic rings. The lowest BCUT2D eigenvalue weighted by atomic mass is 9.98. The van der Waals surface area contributed by atoms with E-state index in [0.717, 1.165) is 11.1 Å². The molecule has 0 saturated carbocycles. The van der Waals surface area contributed by atoms with Gasteiger partial charge >= 0.3 is 6.09 Å². The van der Waals surface area contributed by atoms with Gasteiger partial charge in [0.2, 0.25) is 0 Å². The van der Waals surface area contributed by atoms with Crippen LogP contribution in [-0.4, -0.2) is 19.2 Å². The van der Waals surface area contributed by atoms with Gasteiger partial charge < -0.3 is 10.1 Å². The second-order valence-electron chi connectivity index (χ2n) is 7.12. The van der Waals surface area contributed by atoms with Crippen LogP contribution in [0.1, 0.15) is 28.2 Å². The molecule has 0 spiro atoms. The van der Waals surface area contributed by atoms with Crippen LogP contribution in [-0.2, 0) is 11.2 Å². The Hall–Kier alpha value is -4.09. The van der Waals surface area contributed by atoms with Crippen molar-refractivity contribution >= 4 is 6.09 Å². The number of nitriles is 1. The predicted octanol–water partition coefficient (Wildman–Crippen LogP) is 4.78. The van der Waals surface area contributed by atoms with Gasteiger partial charge in [0.15, 0.2) is 0 Å². The molecular formula is C26H19FN2O2. The molecule has 0 radical (unpaired) electrons. The van der Waals surface area contributed by atoms with E-state index in [-0.39, 0.29) is 25.5 Å². The van der Waals surface area contributed by atoms with E-state index in [1.54, 1.807) is 6.07 Å². The summed E-state index contributed by atoms with van der Waals surface area (Å²) in [4.78, 5) is 12.1. The molecule has 4 nitrogen and oxygen atoms in total. The number of carbonyl (C=O) groups is 1. The van der Waals surface area contributed by atoms with E-state index >= 15 is 0 Å². The van der Waals surface area contributed by atoms with E-state index in [0.29, 0.717) is 11.1 Å². The van der Waals surface area contributed by atoms with Gasteiger partial charge in [0.1, 0.15) is 12.4 Å². The highest BCUT2D eigenvalue weighted by atomic mass is 19.1. The Morgan fingerprint density at radius 2 is 1.71 bits per heavy atom. The van der Waals surface area contributed by atoms with Crippen LogP contribution in [0.2, 0.25) is 0 Å². The Labute approximate surface area is 180 Å². The van der Waals surface area contributed by atoms with E-state index in [2.05, 4.69) is 41.4 Å². The van der Waals surface area contributed by atoms with Gasteiger partial charge in [0, 0.05) is 17.0 Å². The quantitative estimate of drug-likeness (QED) is 0.630. The maximum Gasteiger partial charge on any atom is 0.407 e. The number of nitrogens with one attached hydrogen (secondary N) is 1. The number of ether oxygens (including phenoxy) is 1. The summed E-state index contributed by atoms with van der Waals surface area (Å²) in [7, 11) is 0. The van der Waals surface area contributed by atoms with Crippen molar-refractivity contribution in [3.05, 3.63) is 94.8 Å². The largest absolute Gasteiger partial charge is 0.449 e. The van der Waals surface area contributed by atoms with Crippen LogP contribution in [0.3, 0.4) is 0 Å². The van der Waals surface area contributed by atoms with E-state index in [9.17, 15) is 9.18 Å². The average Bonchev–Trinajstić information content (AvgIpc) is 3.11. The molecule has 0 bridgehead atoms. The molecule has 0 heterocycles. The topological polar surface area (TPSA) is 62.1 Å². The van der Waals surface area contributed by atoms with Gasteiger partial charge in [0.25, 0.3) is 0 Å². The molecule has 5 heteroatoms. The zero-order chi connectivity index (χ0) is 21.6. The minimum Gasteiger partial charge on any atom is -0.449 e. The number of amides is 1. The summed E-state index contributed by atoms with van der Waals surface area (Å²) in [6.45, 7) is 0.338. The van der Waals surface area contributed by atoms with Crippen LogP contribution in [0, 0.1) is 29.0 Å². The minimum absolute atomic E-state index is 0.00186. The Kier molecular flexibility index (Phi) is 5.96. The van der Waals surface area contributed by atoms with Gasteiger partial charge in [-0.3, -0.25) is 0 Å². The van der Waals surface area contributed by atoms with Crippen LogP contribution in [0.25, 0.3) is 11.1 Å². The first-order chi connectivity index (χ1) is 15.2. The molecule has 0 aliphatic heterocycles. The van der Waals surface area contributed by atoms with Crippen molar-refractivity contribution in [3.63, 3.8) is 0 Å². The third-order valence-corrected chi connectivity index (χ3v) is 5.21. The third kappa shape index (κ3) is 4.42. The number of hydrogen-bond donors (Lipinski definition) is 1. The average molecular weight is 410 g/mol. The zero-order valence-corrected chi connectivity index (χ0v) is 16.7. The molecule has 3 aromatic rings. The second kappa shape index (κ2) is 9.15. The van der Waals surface area contributed by atoms with Gasteiger partial charge in [-0.25, -0.2) is 9.18 Å². The zero-order valence-electron chi connectivity index (χ0n) is 16.7. The minimum atomic E-state index is -0.541. The van der Waals surface area contributed by atoms with E-state index < -0.39 is 11.9 Å². The molecule has 4 rings (SSSR count). The normalized spacial score (nSPS) is 11.5. The SMILES string of the molecule is N#CCc1cc(C#CCNC(=O)OCC2c3ccccc3-c3ccccc32)ccc1F. The molecule has 0 fully saturated rings. The standard InChI is InChI=1S/C26H19FN2O2/c27-25-12-11-18(16-19(25)13-14-28)6-5-15-29-26(30)31-17-24-22-9-3-1-7-20(22)21-8-2-4-10-23(21)24/h1-4,7-12,16,24H,13,15,17H2,(H,29,30). The van der Waals surface area contributed by atoms with Gasteiger partial charge in [-0.15, -0.1) is 0 Å². The molecular weight excluding hydrogens is 391 g/mol. The summed E-state index contributed by atoms with van der Waals surface area (Å²) >= 11 is 0. The monoisotopic (exact) mass is 410 g/mol. The van der Waals surface area contributed by atoms with E-state index in [4.69, 9.17) is 10.00 Å². The number of nitrogens with zero attached hydrogens (tertiary/aromatic N) is 1. The number of carbonyl (C=O) groups excluding carboxylic acids is 1. The molecule has 0 aromatic heterocycles. The van der Waals surface area contributed by atoms with Crippen molar-refractivity contribution in [2.45, 2.75) is 12.3 Å². The maximum absolute atomic E-state index is 13.6. The smallest absolute Gasteiger partial charge is 0.407 e. The van der Waals surface area contributed by atoms with Crippen LogP contribution in [0.15, 0.2) is 66.7 Å². The van der Waals surface area contributed by atoms with Crippen LogP contribution < -0.4 is 5.32 Å². The Balaban J connectivity index is 1.34. The highest BCUT2D eigenvalue weighted by Gasteiger charge is 2.28. The van der Waals surface area contributed by atoms with E-state index in [1.807, 2.05) is 30.3 Å². The van der Waals surface area contributed by atoms with Crippen molar-refractivity contribution < 1.29 is 13.9 Å². The first-order valence-electron chi connectivity index (χ1n) is 9.90. The maximum atomic E-state index is 13.6. The Bertz CT molecular complexity index is 1190. The Morgan fingerprint density at radius 3 is 2.39 bits per heavy atom. The number of hydrogen-bond acceptors (Lipinski definition) is 3. The van der Waals surface area contributed by atoms with E-state index in [1.165, 1.54) is 23.3 Å². The first kappa shape index (κ1) is 20.2. The summed E-state index contributed by atoms with van der Waals surface area (Å²) < 4.78 is 19.0. The number of halogens is 1. The van der Waals surface area contributed by atoms with Gasteiger partial charge in [0.05, 0.1) is 19.0 Å². The lowest BCUT2D eigenvalue weighted by Gasteiger charge is -2.14. The lowest BCUT2D eigenvalue weighted by molar-refractivity contribution is 0.144. The summed E-state index contributed by atoms with van der Waals surface area (Å²) in [6.07, 6.45) is -0.556. The molecule has 0 unspecified atom stereocenters. The molecule has 152 valence electrons. The fraction of sp³-hybridized carbons (Fsp3) is 0.154. The van der Waals surface area contributed by atoms with Crippen molar-refractivity contribution in [3.8, 4) is 29.0 Å². The highest BCUT2D eigenvalue weighted by molar-refractivity contribution is 5.79. The molecule has 31 heavy (non-hydrogen) atoms. The third-order valence-electron chi connectivity index (χ3n) is 5.21. The fourth-order valence-corrected chi connectivity index (χ4v) is 3.79. The number of alkyl carbamates (subject to hydrolysis) is 1. The first-order valence-corrected chi connectivity index (χ1v) is 9.90. The number of rotatable bonds is 4. The molecule has 0 atom stereocenters. The lowest BCUT2D eigenvalue weighted by Crippen LogP contribution is -2.26. The fourth-order valence-electron chi connectivity index (χ4n) is 3.79. The second-order valence-corrected chi connectivity index (χ2v) is 7.12. The summed E-state index contributed by atoms with van der Waals surface area (Å²) in [5.74, 6) is 5.24. The van der Waals surface area contributed by atoms with Crippen molar-refractivity contribution in [1.29, 1.82) is 5.26 Å². The summed E-state index contributed by atoms with van der Waals surface area (Å²) in [6, 6.07) is 22.6. The van der Waals surface area contributed by atoms with Crippen molar-refractivity contribution in [1.82, 2.24) is 5.32 Å². The number of fused-ring (bicyclic) bond motifs is 3. The Morgan fingerprint density at radius 1 is 1.03 bits per heavy atom. The molecule has 0 saturated heterocycles. The van der Waals surface area contributed by atoms with Crippen molar-refractivity contribution in [2.75, 3.05) is 13.2 Å². The van der Waals surface area contributed by atoms with Gasteiger partial charge in [-0.05, 0) is 40.5 Å². The molecule has 1 N–H and O–H groups in total. The number of benzene rings is 3. The molecule has 1 amide bonds. The predicted molar refractivity (Wildman–Crippen MR) is 116 cm³/mol. The van der Waals surface area contributed by atoms with Gasteiger partial charge in [-0.2, -0.15) is 5.26 Å². The van der Waals surface area contributed by atoms with Crippen LogP contribution in [0.4, 0.5) is 9.18 Å². The van der Waals surface area contributed by atoms with Crippen molar-refractivity contribution in [2.24, 2.45) is 0 Å². The van der Waals surface area contributed by atoms with Gasteiger partial charge in [-0.1, -0.05) is 60.4 Å². The highest BCUT2D eigenvalue weighted by Crippen LogP contribution is 2.44. The van der Waals surface area contributed by atoms with Crippen LogP contribution >= 0.6 is 0 Å². The molecule has 3 aromatic carbocycles. The molecule has 1 aliphatic carbocycles. The summed E-state index contributed by atoms with van der Waals surface area (Å²) in [5, 5.41) is 11.3. The summed E-state index contributed by atoms with van der Waals surface area (Å²) in [5.41, 5.74) is 5.54. The van der Waals surface area contributed by atoms with Crippen LogP contribution in [0.5, 0.6) is 0 Å².